The Bertz CT molecular complexity index is 1370. The van der Waals surface area contributed by atoms with E-state index >= 15 is 0 Å². The van der Waals surface area contributed by atoms with E-state index in [1.165, 1.54) is 13.2 Å². The van der Waals surface area contributed by atoms with Gasteiger partial charge in [0.05, 0.1) is 24.5 Å². The summed E-state index contributed by atoms with van der Waals surface area (Å²) >= 11 is 0.927. The molecule has 0 aliphatic heterocycles. The number of nitrogens with zero attached hydrogens (tertiary/aromatic N) is 2. The Kier molecular flexibility index (Phi) is 6.17. The van der Waals surface area contributed by atoms with Crippen LogP contribution in [0.25, 0.3) is 11.0 Å². The number of aryl methyl sites for hydroxylation is 1. The number of ether oxygens (including phenoxy) is 1. The first-order valence-corrected chi connectivity index (χ1v) is 11.8. The summed E-state index contributed by atoms with van der Waals surface area (Å²) in [5.41, 5.74) is 2.59. The number of nitrogens with one attached hydrogen (secondary N) is 2. The third kappa shape index (κ3) is 4.47. The maximum Gasteiger partial charge on any atom is 0.247 e. The molecule has 4 rings (SSSR count). The molecule has 0 unspecified atom stereocenters. The maximum absolute atomic E-state index is 13.3. The van der Waals surface area contributed by atoms with Crippen LogP contribution in [-0.4, -0.2) is 30.2 Å². The normalized spacial score (nSPS) is 12.4. The second kappa shape index (κ2) is 9.03. The first kappa shape index (κ1) is 21.9. The van der Waals surface area contributed by atoms with Crippen LogP contribution >= 0.6 is 11.7 Å². The highest BCUT2D eigenvalue weighted by atomic mass is 32.2. The van der Waals surface area contributed by atoms with Crippen molar-refractivity contribution in [3.05, 3.63) is 77.9 Å². The molecule has 10 heteroatoms. The average molecular weight is 469 g/mol. The molecule has 1 heterocycles. The number of hydrogen-bond donors (Lipinski definition) is 2. The van der Waals surface area contributed by atoms with Gasteiger partial charge in [-0.2, -0.15) is 13.5 Å². The molecule has 0 saturated carbocycles. The predicted molar refractivity (Wildman–Crippen MR) is 123 cm³/mol. The van der Waals surface area contributed by atoms with Crippen LogP contribution in [0.3, 0.4) is 0 Å². The summed E-state index contributed by atoms with van der Waals surface area (Å²) in [4.78, 5) is 13.3. The van der Waals surface area contributed by atoms with Gasteiger partial charge < -0.3 is 10.1 Å². The Labute approximate surface area is 189 Å². The molecule has 3 aromatic carbocycles. The van der Waals surface area contributed by atoms with Gasteiger partial charge in [-0.05, 0) is 42.3 Å². The molecule has 0 spiro atoms. The van der Waals surface area contributed by atoms with Crippen molar-refractivity contribution in [2.45, 2.75) is 17.9 Å². The van der Waals surface area contributed by atoms with Gasteiger partial charge in [0.2, 0.25) is 15.9 Å². The van der Waals surface area contributed by atoms with E-state index < -0.39 is 22.0 Å². The van der Waals surface area contributed by atoms with Gasteiger partial charge >= 0.3 is 0 Å². The lowest BCUT2D eigenvalue weighted by molar-refractivity contribution is -0.117. The van der Waals surface area contributed by atoms with Crippen LogP contribution in [-0.2, 0) is 14.8 Å². The highest BCUT2D eigenvalue weighted by Gasteiger charge is 2.29. The summed E-state index contributed by atoms with van der Waals surface area (Å²) in [6.45, 7) is 1.88. The number of benzene rings is 3. The van der Waals surface area contributed by atoms with E-state index in [1.807, 2.05) is 13.0 Å². The number of anilines is 1. The average Bonchev–Trinajstić information content (AvgIpc) is 3.27. The fourth-order valence-electron chi connectivity index (χ4n) is 3.26. The van der Waals surface area contributed by atoms with Crippen molar-refractivity contribution in [1.29, 1.82) is 0 Å². The van der Waals surface area contributed by atoms with Crippen molar-refractivity contribution in [2.75, 3.05) is 12.4 Å². The molecule has 0 bridgehead atoms. The molecule has 1 atom stereocenters. The molecule has 32 heavy (non-hydrogen) atoms. The van der Waals surface area contributed by atoms with Crippen molar-refractivity contribution in [3.63, 3.8) is 0 Å². The molecule has 164 valence electrons. The summed E-state index contributed by atoms with van der Waals surface area (Å²) in [6.07, 6.45) is 0. The summed E-state index contributed by atoms with van der Waals surface area (Å²) in [5.74, 6) is -0.0795. The first-order chi connectivity index (χ1) is 15.4. The van der Waals surface area contributed by atoms with Crippen LogP contribution in [0.1, 0.15) is 17.2 Å². The zero-order valence-corrected chi connectivity index (χ0v) is 18.9. The number of methoxy groups -OCH3 is 1. The maximum atomic E-state index is 13.3. The molecular weight excluding hydrogens is 448 g/mol. The van der Waals surface area contributed by atoms with Crippen molar-refractivity contribution in [1.82, 2.24) is 13.5 Å². The molecular formula is C22H20N4O4S2. The lowest BCUT2D eigenvalue weighted by atomic mass is 10.1. The van der Waals surface area contributed by atoms with Gasteiger partial charge in [-0.15, -0.1) is 0 Å². The Morgan fingerprint density at radius 1 is 1.03 bits per heavy atom. The summed E-state index contributed by atoms with van der Waals surface area (Å²) in [5, 5.41) is 2.79. The Hall–Kier alpha value is -3.34. The number of aromatic nitrogens is 2. The minimum Gasteiger partial charge on any atom is -0.495 e. The standard InChI is InChI=1S/C22H20N4O4S2/c1-14-11-12-18(30-2)17(13-14)23-22(27)20(15-7-4-3-5-8-15)26-32(28,29)19-10-6-9-16-21(19)25-31-24-16/h3-13,20,26H,1-2H3,(H,23,27)/t20-/m0/s1. The van der Waals surface area contributed by atoms with E-state index in [-0.39, 0.29) is 10.4 Å². The third-order valence-electron chi connectivity index (χ3n) is 4.82. The second-order valence-electron chi connectivity index (χ2n) is 7.05. The van der Waals surface area contributed by atoms with Crippen LogP contribution in [0.4, 0.5) is 5.69 Å². The van der Waals surface area contributed by atoms with Gasteiger partial charge in [-0.1, -0.05) is 42.5 Å². The highest BCUT2D eigenvalue weighted by Crippen LogP contribution is 2.28. The van der Waals surface area contributed by atoms with Gasteiger partial charge in [-0.3, -0.25) is 4.79 Å². The van der Waals surface area contributed by atoms with E-state index in [2.05, 4.69) is 18.8 Å². The van der Waals surface area contributed by atoms with Gasteiger partial charge in [0, 0.05) is 0 Å². The van der Waals surface area contributed by atoms with Crippen LogP contribution in [0.5, 0.6) is 5.75 Å². The monoisotopic (exact) mass is 468 g/mol. The number of carbonyl (C=O) groups is 1. The molecule has 1 amide bonds. The van der Waals surface area contributed by atoms with Crippen molar-refractivity contribution in [2.24, 2.45) is 0 Å². The van der Waals surface area contributed by atoms with Gasteiger partial charge in [0.1, 0.15) is 27.7 Å². The van der Waals surface area contributed by atoms with E-state index in [9.17, 15) is 13.2 Å². The molecule has 0 fully saturated rings. The lowest BCUT2D eigenvalue weighted by Gasteiger charge is -2.20. The van der Waals surface area contributed by atoms with E-state index in [0.717, 1.165) is 17.3 Å². The van der Waals surface area contributed by atoms with E-state index in [4.69, 9.17) is 4.74 Å². The Morgan fingerprint density at radius 2 is 1.81 bits per heavy atom. The molecule has 2 N–H and O–H groups in total. The lowest BCUT2D eigenvalue weighted by Crippen LogP contribution is -2.37. The fourth-order valence-corrected chi connectivity index (χ4v) is 5.21. The van der Waals surface area contributed by atoms with Crippen molar-refractivity contribution < 1.29 is 17.9 Å². The molecule has 8 nitrogen and oxygen atoms in total. The minimum atomic E-state index is -4.10. The van der Waals surface area contributed by atoms with Crippen molar-refractivity contribution >= 4 is 44.4 Å². The van der Waals surface area contributed by atoms with Gasteiger partial charge in [0.25, 0.3) is 0 Å². The van der Waals surface area contributed by atoms with Gasteiger partial charge in [0.15, 0.2) is 0 Å². The minimum absolute atomic E-state index is 0.0365. The first-order valence-electron chi connectivity index (χ1n) is 9.63. The van der Waals surface area contributed by atoms with Crippen LogP contribution in [0.15, 0.2) is 71.6 Å². The van der Waals surface area contributed by atoms with Crippen LogP contribution in [0.2, 0.25) is 0 Å². The summed E-state index contributed by atoms with van der Waals surface area (Å²) in [7, 11) is -2.60. The zero-order chi connectivity index (χ0) is 22.7. The molecule has 0 aliphatic carbocycles. The van der Waals surface area contributed by atoms with Gasteiger partial charge in [-0.25, -0.2) is 8.42 Å². The number of rotatable bonds is 7. The van der Waals surface area contributed by atoms with Crippen LogP contribution in [0, 0.1) is 6.92 Å². The number of fused-ring (bicyclic) bond motifs is 1. The number of carbonyl (C=O) groups excluding carboxylic acids is 1. The predicted octanol–water partition coefficient (Wildman–Crippen LogP) is 3.67. The van der Waals surface area contributed by atoms with Crippen molar-refractivity contribution in [3.8, 4) is 5.75 Å². The summed E-state index contributed by atoms with van der Waals surface area (Å²) < 4.78 is 42.6. The van der Waals surface area contributed by atoms with E-state index in [1.54, 1.807) is 54.6 Å². The SMILES string of the molecule is COc1ccc(C)cc1NC(=O)[C@@H](NS(=O)(=O)c1cccc2nsnc12)c1ccccc1. The highest BCUT2D eigenvalue weighted by molar-refractivity contribution is 7.89. The third-order valence-corrected chi connectivity index (χ3v) is 6.82. The second-order valence-corrected chi connectivity index (χ2v) is 9.26. The molecule has 4 aromatic rings. The Balaban J connectivity index is 1.71. The zero-order valence-electron chi connectivity index (χ0n) is 17.3. The molecule has 0 saturated heterocycles. The van der Waals surface area contributed by atoms with E-state index in [0.29, 0.717) is 22.5 Å². The number of hydrogen-bond acceptors (Lipinski definition) is 7. The number of amides is 1. The quantitative estimate of drug-likeness (QED) is 0.428. The Morgan fingerprint density at radius 3 is 2.56 bits per heavy atom. The molecule has 0 aliphatic rings. The fraction of sp³-hybridized carbons (Fsp3) is 0.136. The van der Waals surface area contributed by atoms with Crippen LogP contribution < -0.4 is 14.8 Å². The topological polar surface area (TPSA) is 110 Å². The molecule has 1 aromatic heterocycles. The summed E-state index contributed by atoms with van der Waals surface area (Å²) in [6, 6.07) is 17.5. The smallest absolute Gasteiger partial charge is 0.247 e. The molecule has 0 radical (unpaired) electrons. The largest absolute Gasteiger partial charge is 0.495 e. The number of sulfonamides is 1.